The van der Waals surface area contributed by atoms with Crippen molar-refractivity contribution in [2.24, 2.45) is 0 Å². The minimum atomic E-state index is -0.117. The van der Waals surface area contributed by atoms with Crippen LogP contribution in [0.3, 0.4) is 0 Å². The Kier molecular flexibility index (Phi) is 3.96. The molecule has 0 saturated heterocycles. The summed E-state index contributed by atoms with van der Waals surface area (Å²) in [5.41, 5.74) is 1.82. The Bertz CT molecular complexity index is 620. The van der Waals surface area contributed by atoms with Crippen LogP contribution in [0, 0.1) is 6.92 Å². The van der Waals surface area contributed by atoms with Crippen molar-refractivity contribution in [2.75, 3.05) is 0 Å². The van der Waals surface area contributed by atoms with E-state index in [0.717, 1.165) is 5.56 Å². The predicted molar refractivity (Wildman–Crippen MR) is 76.1 cm³/mol. The summed E-state index contributed by atoms with van der Waals surface area (Å²) in [5, 5.41) is 1.36. The number of carbonyl (C=O) groups excluding carboxylic acids is 1. The zero-order valence-electron chi connectivity index (χ0n) is 9.51. The molecule has 0 aliphatic heterocycles. The van der Waals surface area contributed by atoms with Crippen molar-refractivity contribution in [3.63, 3.8) is 0 Å². The van der Waals surface area contributed by atoms with E-state index in [1.165, 1.54) is 0 Å². The van der Waals surface area contributed by atoms with Crippen LogP contribution in [0.25, 0.3) is 0 Å². The number of hydrogen-bond acceptors (Lipinski definition) is 1. The lowest BCUT2D eigenvalue weighted by Crippen LogP contribution is -2.03. The van der Waals surface area contributed by atoms with Gasteiger partial charge in [0.25, 0.3) is 0 Å². The fourth-order valence-electron chi connectivity index (χ4n) is 1.65. The maximum Gasteiger partial charge on any atom is 0.193 e. The van der Waals surface area contributed by atoms with Gasteiger partial charge in [-0.25, -0.2) is 0 Å². The van der Waals surface area contributed by atoms with Crippen molar-refractivity contribution in [1.29, 1.82) is 0 Å². The molecule has 0 bridgehead atoms. The molecule has 0 heterocycles. The third kappa shape index (κ3) is 2.54. The standard InChI is InChI=1S/C14H9Cl3O/c1-8-10(3-2-4-11(8)15)14(18)9-5-6-12(16)13(17)7-9/h2-7H,1H3. The first-order chi connectivity index (χ1) is 8.50. The molecule has 0 amide bonds. The van der Waals surface area contributed by atoms with Gasteiger partial charge < -0.3 is 0 Å². The summed E-state index contributed by atoms with van der Waals surface area (Å²) in [4.78, 5) is 12.3. The van der Waals surface area contributed by atoms with Gasteiger partial charge in [-0.3, -0.25) is 4.79 Å². The average Bonchev–Trinajstić information content (AvgIpc) is 2.35. The number of halogens is 3. The van der Waals surface area contributed by atoms with E-state index in [9.17, 15) is 4.79 Å². The minimum Gasteiger partial charge on any atom is -0.289 e. The molecule has 92 valence electrons. The van der Waals surface area contributed by atoms with E-state index >= 15 is 0 Å². The molecule has 0 aliphatic carbocycles. The van der Waals surface area contributed by atoms with Crippen LogP contribution in [-0.4, -0.2) is 5.78 Å². The molecule has 0 unspecified atom stereocenters. The molecule has 0 aliphatic rings. The molecule has 1 nitrogen and oxygen atoms in total. The highest BCUT2D eigenvalue weighted by Crippen LogP contribution is 2.26. The Labute approximate surface area is 120 Å². The largest absolute Gasteiger partial charge is 0.289 e. The van der Waals surface area contributed by atoms with E-state index in [-0.39, 0.29) is 5.78 Å². The first-order valence-corrected chi connectivity index (χ1v) is 6.39. The number of rotatable bonds is 2. The molecule has 2 aromatic rings. The van der Waals surface area contributed by atoms with Gasteiger partial charge in [-0.15, -0.1) is 0 Å². The quantitative estimate of drug-likeness (QED) is 0.698. The first kappa shape index (κ1) is 13.4. The van der Waals surface area contributed by atoms with E-state index in [4.69, 9.17) is 34.8 Å². The van der Waals surface area contributed by atoms with Crippen LogP contribution in [0.1, 0.15) is 21.5 Å². The summed E-state index contributed by atoms with van der Waals surface area (Å²) >= 11 is 17.7. The Morgan fingerprint density at radius 3 is 2.33 bits per heavy atom. The van der Waals surface area contributed by atoms with E-state index < -0.39 is 0 Å². The van der Waals surface area contributed by atoms with Crippen molar-refractivity contribution in [2.45, 2.75) is 6.92 Å². The molecule has 0 aromatic heterocycles. The SMILES string of the molecule is Cc1c(Cl)cccc1C(=O)c1ccc(Cl)c(Cl)c1. The van der Waals surface area contributed by atoms with Crippen LogP contribution in [0.4, 0.5) is 0 Å². The van der Waals surface area contributed by atoms with Crippen molar-refractivity contribution < 1.29 is 4.79 Å². The van der Waals surface area contributed by atoms with Crippen LogP contribution >= 0.6 is 34.8 Å². The lowest BCUT2D eigenvalue weighted by atomic mass is 9.99. The van der Waals surface area contributed by atoms with Gasteiger partial charge in [-0.1, -0.05) is 46.9 Å². The van der Waals surface area contributed by atoms with Gasteiger partial charge in [0.2, 0.25) is 0 Å². The highest BCUT2D eigenvalue weighted by atomic mass is 35.5. The number of benzene rings is 2. The zero-order valence-corrected chi connectivity index (χ0v) is 11.8. The smallest absolute Gasteiger partial charge is 0.193 e. The maximum atomic E-state index is 12.3. The molecule has 0 fully saturated rings. The van der Waals surface area contributed by atoms with E-state index in [0.29, 0.717) is 26.2 Å². The summed E-state index contributed by atoms with van der Waals surface area (Å²) in [7, 11) is 0. The first-order valence-electron chi connectivity index (χ1n) is 5.25. The van der Waals surface area contributed by atoms with Crippen molar-refractivity contribution in [3.05, 3.63) is 68.2 Å². The van der Waals surface area contributed by atoms with E-state index in [1.807, 2.05) is 6.92 Å². The van der Waals surface area contributed by atoms with Crippen molar-refractivity contribution >= 4 is 40.6 Å². The Hall–Kier alpha value is -1.02. The van der Waals surface area contributed by atoms with Gasteiger partial charge in [0, 0.05) is 16.1 Å². The van der Waals surface area contributed by atoms with Crippen molar-refractivity contribution in [3.8, 4) is 0 Å². The van der Waals surface area contributed by atoms with E-state index in [2.05, 4.69) is 0 Å². The Morgan fingerprint density at radius 2 is 1.67 bits per heavy atom. The van der Waals surface area contributed by atoms with Crippen LogP contribution < -0.4 is 0 Å². The minimum absolute atomic E-state index is 0.117. The lowest BCUT2D eigenvalue weighted by molar-refractivity contribution is 0.103. The summed E-state index contributed by atoms with van der Waals surface area (Å²) in [6.45, 7) is 1.81. The highest BCUT2D eigenvalue weighted by molar-refractivity contribution is 6.42. The monoisotopic (exact) mass is 298 g/mol. The summed E-state index contributed by atoms with van der Waals surface area (Å²) in [5.74, 6) is -0.117. The van der Waals surface area contributed by atoms with Gasteiger partial charge in [0.15, 0.2) is 5.78 Å². The van der Waals surface area contributed by atoms with Crippen molar-refractivity contribution in [1.82, 2.24) is 0 Å². The summed E-state index contributed by atoms with van der Waals surface area (Å²) in [6, 6.07) is 10.1. The van der Waals surface area contributed by atoms with Gasteiger partial charge in [0.05, 0.1) is 10.0 Å². The van der Waals surface area contributed by atoms with Crippen LogP contribution in [0.2, 0.25) is 15.1 Å². The van der Waals surface area contributed by atoms with Crippen LogP contribution in [0.5, 0.6) is 0 Å². The molecule has 0 radical (unpaired) electrons. The molecule has 0 saturated carbocycles. The van der Waals surface area contributed by atoms with Crippen LogP contribution in [0.15, 0.2) is 36.4 Å². The van der Waals surface area contributed by atoms with Gasteiger partial charge in [-0.05, 0) is 36.8 Å². The Morgan fingerprint density at radius 1 is 0.944 bits per heavy atom. The molecule has 2 rings (SSSR count). The molecule has 0 atom stereocenters. The normalized spacial score (nSPS) is 10.4. The average molecular weight is 300 g/mol. The highest BCUT2D eigenvalue weighted by Gasteiger charge is 2.14. The third-order valence-electron chi connectivity index (χ3n) is 2.69. The number of hydrogen-bond donors (Lipinski definition) is 0. The van der Waals surface area contributed by atoms with Gasteiger partial charge >= 0.3 is 0 Å². The Balaban J connectivity index is 2.48. The molecule has 0 N–H and O–H groups in total. The molecular weight excluding hydrogens is 291 g/mol. The molecule has 0 spiro atoms. The second-order valence-corrected chi connectivity index (χ2v) is 5.09. The number of carbonyl (C=O) groups is 1. The van der Waals surface area contributed by atoms with Gasteiger partial charge in [-0.2, -0.15) is 0 Å². The summed E-state index contributed by atoms with van der Waals surface area (Å²) in [6.07, 6.45) is 0. The fourth-order valence-corrected chi connectivity index (χ4v) is 2.12. The zero-order chi connectivity index (χ0) is 13.3. The third-order valence-corrected chi connectivity index (χ3v) is 3.84. The topological polar surface area (TPSA) is 17.1 Å². The lowest BCUT2D eigenvalue weighted by Gasteiger charge is -2.07. The predicted octanol–water partition coefficient (Wildman–Crippen LogP) is 5.19. The molecular formula is C14H9Cl3O. The summed E-state index contributed by atoms with van der Waals surface area (Å²) < 4.78 is 0. The second kappa shape index (κ2) is 5.31. The van der Waals surface area contributed by atoms with Gasteiger partial charge in [0.1, 0.15) is 0 Å². The van der Waals surface area contributed by atoms with Crippen LogP contribution in [-0.2, 0) is 0 Å². The number of ketones is 1. The maximum absolute atomic E-state index is 12.3. The fraction of sp³-hybridized carbons (Fsp3) is 0.0714. The molecule has 4 heteroatoms. The molecule has 18 heavy (non-hydrogen) atoms. The second-order valence-electron chi connectivity index (χ2n) is 3.87. The molecule has 2 aromatic carbocycles. The van der Waals surface area contributed by atoms with E-state index in [1.54, 1.807) is 36.4 Å².